The molecule has 156 valence electrons. The molecule has 0 aromatic heterocycles. The lowest BCUT2D eigenvalue weighted by atomic mass is 9.92. The quantitative estimate of drug-likeness (QED) is 0.398. The Labute approximate surface area is 176 Å². The first kappa shape index (κ1) is 21.7. The van der Waals surface area contributed by atoms with Crippen LogP contribution in [0.3, 0.4) is 0 Å². The van der Waals surface area contributed by atoms with Crippen LogP contribution in [-0.2, 0) is 15.9 Å². The number of ether oxygens (including phenoxy) is 2. The summed E-state index contributed by atoms with van der Waals surface area (Å²) in [4.78, 5) is 3.46. The van der Waals surface area contributed by atoms with E-state index in [0.29, 0.717) is 13.2 Å². The van der Waals surface area contributed by atoms with Crippen LogP contribution in [0.2, 0.25) is 0 Å². The van der Waals surface area contributed by atoms with E-state index in [1.165, 1.54) is 24.0 Å². The number of rotatable bonds is 8. The van der Waals surface area contributed by atoms with E-state index in [1.807, 2.05) is 0 Å². The summed E-state index contributed by atoms with van der Waals surface area (Å²) in [5.41, 5.74) is 2.54. The highest BCUT2D eigenvalue weighted by molar-refractivity contribution is 7.80. The van der Waals surface area contributed by atoms with Crippen molar-refractivity contribution < 1.29 is 9.47 Å². The molecule has 0 spiro atoms. The molecule has 4 nitrogen and oxygen atoms in total. The van der Waals surface area contributed by atoms with Crippen LogP contribution < -0.4 is 5.32 Å². The lowest BCUT2D eigenvalue weighted by Gasteiger charge is -2.51. The molecule has 1 N–H and O–H groups in total. The fourth-order valence-corrected chi connectivity index (χ4v) is 4.96. The normalized spacial score (nSPS) is 25.0. The zero-order chi connectivity index (χ0) is 20.0. The molecule has 1 aromatic carbocycles. The number of benzene rings is 1. The number of aryl methyl sites for hydroxylation is 1. The molecule has 0 radical (unpaired) electrons. The van der Waals surface area contributed by atoms with Gasteiger partial charge in [0.1, 0.15) is 0 Å². The lowest BCUT2D eigenvalue weighted by molar-refractivity contribution is -0.276. The van der Waals surface area contributed by atoms with Crippen LogP contribution in [0.15, 0.2) is 24.3 Å². The SMILES string of the molecule is CCOC1(OCC)CCCCC(NC(=S)Cc2ccc(C)cc2)C1N1CCC1. The van der Waals surface area contributed by atoms with Gasteiger partial charge in [-0.1, -0.05) is 48.5 Å². The smallest absolute Gasteiger partial charge is 0.185 e. The average molecular weight is 405 g/mol. The van der Waals surface area contributed by atoms with E-state index >= 15 is 0 Å². The average Bonchev–Trinajstić information content (AvgIpc) is 2.78. The summed E-state index contributed by atoms with van der Waals surface area (Å²) >= 11 is 5.78. The van der Waals surface area contributed by atoms with Crippen molar-refractivity contribution in [3.63, 3.8) is 0 Å². The van der Waals surface area contributed by atoms with E-state index in [1.54, 1.807) is 0 Å². The molecular weight excluding hydrogens is 368 g/mol. The highest BCUT2D eigenvalue weighted by Crippen LogP contribution is 2.37. The van der Waals surface area contributed by atoms with E-state index in [-0.39, 0.29) is 12.1 Å². The van der Waals surface area contributed by atoms with Crippen LogP contribution in [-0.4, -0.2) is 54.1 Å². The zero-order valence-corrected chi connectivity index (χ0v) is 18.5. The monoisotopic (exact) mass is 404 g/mol. The number of thiocarbonyl (C=S) groups is 1. The van der Waals surface area contributed by atoms with Crippen LogP contribution in [0.5, 0.6) is 0 Å². The minimum absolute atomic E-state index is 0.208. The van der Waals surface area contributed by atoms with Gasteiger partial charge < -0.3 is 14.8 Å². The second-order valence-corrected chi connectivity index (χ2v) is 8.59. The molecule has 1 aliphatic heterocycles. The van der Waals surface area contributed by atoms with E-state index in [9.17, 15) is 0 Å². The molecule has 1 aromatic rings. The Bertz CT molecular complexity index is 624. The van der Waals surface area contributed by atoms with Crippen molar-refractivity contribution in [1.82, 2.24) is 10.2 Å². The van der Waals surface area contributed by atoms with Crippen molar-refractivity contribution in [2.75, 3.05) is 26.3 Å². The molecule has 0 bridgehead atoms. The van der Waals surface area contributed by atoms with Crippen molar-refractivity contribution in [2.24, 2.45) is 0 Å². The van der Waals surface area contributed by atoms with Crippen molar-refractivity contribution in [3.05, 3.63) is 35.4 Å². The van der Waals surface area contributed by atoms with Gasteiger partial charge in [-0.05, 0) is 58.7 Å². The Morgan fingerprint density at radius 1 is 1.11 bits per heavy atom. The van der Waals surface area contributed by atoms with E-state index in [4.69, 9.17) is 21.7 Å². The van der Waals surface area contributed by atoms with Gasteiger partial charge in [0.15, 0.2) is 5.79 Å². The topological polar surface area (TPSA) is 33.7 Å². The molecule has 1 saturated carbocycles. The second-order valence-electron chi connectivity index (χ2n) is 8.09. The van der Waals surface area contributed by atoms with Gasteiger partial charge in [-0.3, -0.25) is 4.90 Å². The Balaban J connectivity index is 1.77. The number of nitrogens with zero attached hydrogens (tertiary/aromatic N) is 1. The first-order chi connectivity index (χ1) is 13.6. The van der Waals surface area contributed by atoms with Gasteiger partial charge in [0.25, 0.3) is 0 Å². The molecule has 0 amide bonds. The highest BCUT2D eigenvalue weighted by atomic mass is 32.1. The third-order valence-corrected chi connectivity index (χ3v) is 6.28. The number of hydrogen-bond acceptors (Lipinski definition) is 4. The summed E-state index contributed by atoms with van der Waals surface area (Å²) in [6, 6.07) is 9.13. The maximum absolute atomic E-state index is 6.36. The molecule has 1 saturated heterocycles. The molecule has 2 atom stereocenters. The number of nitrogens with one attached hydrogen (secondary N) is 1. The van der Waals surface area contributed by atoms with Crippen molar-refractivity contribution in [1.29, 1.82) is 0 Å². The summed E-state index contributed by atoms with van der Waals surface area (Å²) in [5, 5.41) is 3.72. The predicted molar refractivity (Wildman–Crippen MR) is 119 cm³/mol. The summed E-state index contributed by atoms with van der Waals surface area (Å²) in [5.74, 6) is -0.530. The van der Waals surface area contributed by atoms with Gasteiger partial charge >= 0.3 is 0 Å². The number of likely N-dealkylation sites (tertiary alicyclic amines) is 1. The first-order valence-corrected chi connectivity index (χ1v) is 11.4. The Hall–Kier alpha value is -1.01. The van der Waals surface area contributed by atoms with Crippen LogP contribution in [0.4, 0.5) is 0 Å². The summed E-state index contributed by atoms with van der Waals surface area (Å²) in [7, 11) is 0. The zero-order valence-electron chi connectivity index (χ0n) is 17.7. The molecular formula is C23H36N2O2S. The molecule has 2 unspecified atom stereocenters. The second kappa shape index (κ2) is 10.1. The molecule has 28 heavy (non-hydrogen) atoms. The maximum Gasteiger partial charge on any atom is 0.185 e. The van der Waals surface area contributed by atoms with Gasteiger partial charge in [0.2, 0.25) is 0 Å². The molecule has 1 aliphatic carbocycles. The van der Waals surface area contributed by atoms with Crippen molar-refractivity contribution in [3.8, 4) is 0 Å². The minimum atomic E-state index is -0.530. The van der Waals surface area contributed by atoms with Gasteiger partial charge in [-0.15, -0.1) is 0 Å². The van der Waals surface area contributed by atoms with E-state index in [2.05, 4.69) is 55.3 Å². The van der Waals surface area contributed by atoms with Gasteiger partial charge in [-0.2, -0.15) is 0 Å². The summed E-state index contributed by atoms with van der Waals surface area (Å²) < 4.78 is 12.7. The number of hydrogen-bond donors (Lipinski definition) is 1. The van der Waals surface area contributed by atoms with Crippen LogP contribution in [0.1, 0.15) is 57.1 Å². The standard InChI is InChI=1S/C23H36N2O2S/c1-4-26-23(27-5-2)14-7-6-9-20(22(23)25-15-8-16-25)24-21(28)17-19-12-10-18(3)11-13-19/h10-13,20,22H,4-9,14-17H2,1-3H3,(H,24,28). The fourth-order valence-electron chi connectivity index (χ4n) is 4.65. The third kappa shape index (κ3) is 5.12. The van der Waals surface area contributed by atoms with E-state index < -0.39 is 5.79 Å². The lowest BCUT2D eigenvalue weighted by Crippen LogP contribution is -2.66. The maximum atomic E-state index is 6.36. The highest BCUT2D eigenvalue weighted by Gasteiger charge is 2.50. The van der Waals surface area contributed by atoms with Crippen LogP contribution in [0.25, 0.3) is 0 Å². The Kier molecular flexibility index (Phi) is 7.86. The molecule has 2 aliphatic rings. The largest absolute Gasteiger partial charge is 0.375 e. The van der Waals surface area contributed by atoms with Gasteiger partial charge in [0.05, 0.1) is 11.0 Å². The molecule has 5 heteroatoms. The fraction of sp³-hybridized carbons (Fsp3) is 0.696. The van der Waals surface area contributed by atoms with Gasteiger partial charge in [0, 0.05) is 32.1 Å². The Morgan fingerprint density at radius 3 is 2.36 bits per heavy atom. The van der Waals surface area contributed by atoms with Crippen LogP contribution >= 0.6 is 12.2 Å². The molecule has 1 heterocycles. The van der Waals surface area contributed by atoms with Crippen molar-refractivity contribution in [2.45, 2.75) is 77.2 Å². The van der Waals surface area contributed by atoms with Crippen molar-refractivity contribution >= 4 is 17.2 Å². The summed E-state index contributed by atoms with van der Waals surface area (Å²) in [6.07, 6.45) is 6.42. The van der Waals surface area contributed by atoms with Crippen LogP contribution in [0, 0.1) is 6.92 Å². The van der Waals surface area contributed by atoms with Gasteiger partial charge in [-0.25, -0.2) is 0 Å². The molecule has 3 rings (SSSR count). The Morgan fingerprint density at radius 2 is 1.79 bits per heavy atom. The van der Waals surface area contributed by atoms with E-state index in [0.717, 1.165) is 43.8 Å². The molecule has 2 fully saturated rings. The third-order valence-electron chi connectivity index (χ3n) is 6.02. The summed E-state index contributed by atoms with van der Waals surface area (Å²) in [6.45, 7) is 9.85. The minimum Gasteiger partial charge on any atom is -0.375 e. The predicted octanol–water partition coefficient (Wildman–Crippen LogP) is 4.24. The first-order valence-electron chi connectivity index (χ1n) is 10.9.